The minimum Gasteiger partial charge on any atom is -0.373 e. The smallest absolute Gasteiger partial charge is 0.254 e. The van der Waals surface area contributed by atoms with E-state index in [-0.39, 0.29) is 22.5 Å². The maximum Gasteiger partial charge on any atom is 0.254 e. The lowest BCUT2D eigenvalue weighted by Gasteiger charge is -2.43. The number of rotatable bonds is 3. The van der Waals surface area contributed by atoms with Crippen molar-refractivity contribution >= 4 is 28.8 Å². The van der Waals surface area contributed by atoms with E-state index in [0.29, 0.717) is 36.6 Å². The van der Waals surface area contributed by atoms with Crippen LogP contribution in [0.4, 0.5) is 5.82 Å². The zero-order chi connectivity index (χ0) is 24.8. The molecule has 1 amide bonds. The van der Waals surface area contributed by atoms with Gasteiger partial charge in [0.25, 0.3) is 5.91 Å². The number of aromatic nitrogens is 2. The van der Waals surface area contributed by atoms with Crippen molar-refractivity contribution in [2.75, 3.05) is 25.5 Å². The number of thiazole rings is 1. The van der Waals surface area contributed by atoms with E-state index in [2.05, 4.69) is 31.1 Å². The summed E-state index contributed by atoms with van der Waals surface area (Å²) in [4.78, 5) is 38.9. The van der Waals surface area contributed by atoms with Crippen LogP contribution >= 0.6 is 11.3 Å². The number of benzene rings is 1. The lowest BCUT2D eigenvalue weighted by atomic mass is 9.68. The van der Waals surface area contributed by atoms with Crippen LogP contribution in [-0.2, 0) is 11.8 Å². The highest BCUT2D eigenvalue weighted by Crippen LogP contribution is 2.46. The Bertz CT molecular complexity index is 1270. The predicted octanol–water partition coefficient (Wildman–Crippen LogP) is 5.60. The van der Waals surface area contributed by atoms with E-state index in [1.807, 2.05) is 54.4 Å². The number of hydrogen-bond donors (Lipinski definition) is 1. The van der Waals surface area contributed by atoms with Crippen molar-refractivity contribution in [1.82, 2.24) is 14.9 Å². The van der Waals surface area contributed by atoms with Crippen molar-refractivity contribution in [3.05, 3.63) is 63.6 Å². The molecule has 3 aromatic rings. The molecule has 1 saturated heterocycles. The number of anilines is 1. The van der Waals surface area contributed by atoms with Gasteiger partial charge in [-0.05, 0) is 36.8 Å². The molecule has 1 spiro atoms. The molecule has 2 aromatic heterocycles. The summed E-state index contributed by atoms with van der Waals surface area (Å²) < 4.78 is 0. The second-order valence-electron chi connectivity index (χ2n) is 10.9. The fourth-order valence-electron chi connectivity index (χ4n) is 5.10. The molecule has 182 valence electrons. The van der Waals surface area contributed by atoms with Gasteiger partial charge in [-0.25, -0.2) is 9.97 Å². The van der Waals surface area contributed by atoms with Crippen LogP contribution in [0.1, 0.15) is 70.8 Å². The predicted molar refractivity (Wildman–Crippen MR) is 140 cm³/mol. The topological polar surface area (TPSA) is 75.2 Å². The van der Waals surface area contributed by atoms with Crippen molar-refractivity contribution in [2.24, 2.45) is 5.41 Å². The van der Waals surface area contributed by atoms with Crippen LogP contribution < -0.4 is 5.32 Å². The third-order valence-corrected chi connectivity index (χ3v) is 8.66. The minimum absolute atomic E-state index is 0.0200. The van der Waals surface area contributed by atoms with Crippen molar-refractivity contribution in [3.8, 4) is 11.3 Å². The normalized spacial score (nSPS) is 17.4. The first kappa shape index (κ1) is 23.7. The van der Waals surface area contributed by atoms with Crippen LogP contribution in [-0.4, -0.2) is 46.7 Å². The molecule has 35 heavy (non-hydrogen) atoms. The number of Topliss-reactive ketones (excluding diaryl/α,β-unsaturated/α-hetero) is 1. The zero-order valence-corrected chi connectivity index (χ0v) is 21.7. The quantitative estimate of drug-likeness (QED) is 0.520. The molecular formula is C28H32N4O2S. The number of hydrogen-bond acceptors (Lipinski definition) is 6. The highest BCUT2D eigenvalue weighted by molar-refractivity contribution is 7.12. The molecule has 0 radical (unpaired) electrons. The summed E-state index contributed by atoms with van der Waals surface area (Å²) in [5, 5.41) is 4.12. The Morgan fingerprint density at radius 2 is 1.77 bits per heavy atom. The van der Waals surface area contributed by atoms with Gasteiger partial charge in [0, 0.05) is 48.0 Å². The Morgan fingerprint density at radius 3 is 2.43 bits per heavy atom. The Labute approximate surface area is 210 Å². The Hall–Kier alpha value is -3.06. The minimum atomic E-state index is -0.0634. The first-order valence-electron chi connectivity index (χ1n) is 12.3. The third kappa shape index (κ3) is 4.61. The number of nitrogens with zero attached hydrogens (tertiary/aromatic N) is 3. The van der Waals surface area contributed by atoms with Crippen LogP contribution in [0.2, 0.25) is 0 Å². The number of carbonyl (C=O) groups excluding carboxylic acids is 2. The van der Waals surface area contributed by atoms with E-state index < -0.39 is 0 Å². The Morgan fingerprint density at radius 1 is 1.06 bits per heavy atom. The number of likely N-dealkylation sites (tertiary alicyclic amines) is 1. The number of piperidine rings is 1. The van der Waals surface area contributed by atoms with Crippen LogP contribution in [0.25, 0.3) is 11.3 Å². The second-order valence-corrected chi connectivity index (χ2v) is 11.9. The van der Waals surface area contributed by atoms with Crippen molar-refractivity contribution in [2.45, 2.75) is 51.9 Å². The lowest BCUT2D eigenvalue weighted by Crippen LogP contribution is -2.46. The van der Waals surface area contributed by atoms with E-state index >= 15 is 0 Å². The summed E-state index contributed by atoms with van der Waals surface area (Å²) in [7, 11) is 1.81. The summed E-state index contributed by atoms with van der Waals surface area (Å²) in [5.41, 5.74) is 2.96. The number of nitrogens with one attached hydrogen (secondary N) is 1. The Balaban J connectivity index is 1.33. The molecule has 1 N–H and O–H groups in total. The van der Waals surface area contributed by atoms with Gasteiger partial charge < -0.3 is 10.2 Å². The van der Waals surface area contributed by atoms with Crippen molar-refractivity contribution in [1.29, 1.82) is 0 Å². The molecule has 2 aliphatic rings. The molecule has 1 aliphatic carbocycles. The van der Waals surface area contributed by atoms with Gasteiger partial charge in [-0.3, -0.25) is 9.59 Å². The fourth-order valence-corrected chi connectivity index (χ4v) is 6.41. The molecule has 0 saturated carbocycles. The molecule has 1 fully saturated rings. The van der Waals surface area contributed by atoms with E-state index in [4.69, 9.17) is 4.98 Å². The number of fused-ring (bicyclic) bond motifs is 1. The number of amides is 1. The molecule has 1 aromatic carbocycles. The molecule has 0 atom stereocenters. The summed E-state index contributed by atoms with van der Waals surface area (Å²) in [6.07, 6.45) is 3.10. The SMILES string of the molecule is CNc1cc(C(=O)N2CCC3(CC2)CC(=O)c2nc(C(C)(C)C)sc2C3)cc(-c2ccccc2)n1. The molecule has 0 bridgehead atoms. The summed E-state index contributed by atoms with van der Waals surface area (Å²) in [5.74, 6) is 0.859. The Kier molecular flexibility index (Phi) is 5.99. The molecule has 0 unspecified atom stereocenters. The monoisotopic (exact) mass is 488 g/mol. The van der Waals surface area contributed by atoms with Gasteiger partial charge in [-0.15, -0.1) is 11.3 Å². The third-order valence-electron chi connectivity index (χ3n) is 7.18. The summed E-state index contributed by atoms with van der Waals surface area (Å²) in [6, 6.07) is 13.6. The van der Waals surface area contributed by atoms with E-state index in [1.165, 1.54) is 0 Å². The summed E-state index contributed by atoms with van der Waals surface area (Å²) >= 11 is 1.69. The maximum absolute atomic E-state index is 13.5. The molecular weight excluding hydrogens is 456 g/mol. The van der Waals surface area contributed by atoms with Crippen LogP contribution in [0.15, 0.2) is 42.5 Å². The van der Waals surface area contributed by atoms with E-state index in [1.54, 1.807) is 11.3 Å². The second kappa shape index (κ2) is 8.86. The summed E-state index contributed by atoms with van der Waals surface area (Å²) in [6.45, 7) is 7.74. The van der Waals surface area contributed by atoms with E-state index in [9.17, 15) is 9.59 Å². The average Bonchev–Trinajstić information content (AvgIpc) is 3.29. The van der Waals surface area contributed by atoms with Gasteiger partial charge in [0.05, 0.1) is 10.7 Å². The molecule has 5 rings (SSSR count). The average molecular weight is 489 g/mol. The standard InChI is InChI=1S/C28H32N4O2S/c1-27(2,3)26-31-24-21(33)16-28(17-22(24)35-26)10-12-32(13-11-28)25(34)19-14-20(30-23(15-19)29-4)18-8-6-5-7-9-18/h5-9,14-15H,10-13,16-17H2,1-4H3,(H,29,30). The van der Waals surface area contributed by atoms with Gasteiger partial charge >= 0.3 is 0 Å². The van der Waals surface area contributed by atoms with Crippen LogP contribution in [0.5, 0.6) is 0 Å². The van der Waals surface area contributed by atoms with E-state index in [0.717, 1.165) is 40.4 Å². The largest absolute Gasteiger partial charge is 0.373 e. The zero-order valence-electron chi connectivity index (χ0n) is 20.9. The van der Waals surface area contributed by atoms with Crippen LogP contribution in [0, 0.1) is 5.41 Å². The molecule has 6 nitrogen and oxygen atoms in total. The molecule has 3 heterocycles. The van der Waals surface area contributed by atoms with Gasteiger partial charge in [0.2, 0.25) is 0 Å². The maximum atomic E-state index is 13.5. The molecule has 7 heteroatoms. The van der Waals surface area contributed by atoms with Crippen LogP contribution in [0.3, 0.4) is 0 Å². The van der Waals surface area contributed by atoms with Crippen molar-refractivity contribution in [3.63, 3.8) is 0 Å². The number of pyridine rings is 1. The first-order valence-corrected chi connectivity index (χ1v) is 13.1. The fraction of sp³-hybridized carbons (Fsp3) is 0.429. The van der Waals surface area contributed by atoms with Crippen molar-refractivity contribution < 1.29 is 9.59 Å². The first-order chi connectivity index (χ1) is 16.7. The number of ketones is 1. The van der Waals surface area contributed by atoms with Gasteiger partial charge in [-0.1, -0.05) is 51.1 Å². The molecule has 1 aliphatic heterocycles. The van der Waals surface area contributed by atoms with Gasteiger partial charge in [0.15, 0.2) is 5.78 Å². The van der Waals surface area contributed by atoms with Gasteiger partial charge in [0.1, 0.15) is 11.5 Å². The van der Waals surface area contributed by atoms with Gasteiger partial charge in [-0.2, -0.15) is 0 Å². The highest BCUT2D eigenvalue weighted by Gasteiger charge is 2.44. The number of carbonyl (C=O) groups is 2. The highest BCUT2D eigenvalue weighted by atomic mass is 32.1. The lowest BCUT2D eigenvalue weighted by molar-refractivity contribution is 0.0522.